The minimum Gasteiger partial charge on any atom is -0.354 e. The van der Waals surface area contributed by atoms with Crippen molar-refractivity contribution in [1.29, 1.82) is 0 Å². The highest BCUT2D eigenvalue weighted by Crippen LogP contribution is 2.34. The van der Waals surface area contributed by atoms with Crippen molar-refractivity contribution in [2.75, 3.05) is 13.1 Å². The van der Waals surface area contributed by atoms with Gasteiger partial charge in [-0.1, -0.05) is 5.16 Å². The lowest BCUT2D eigenvalue weighted by atomic mass is 10.1. The molecule has 0 saturated carbocycles. The summed E-state index contributed by atoms with van der Waals surface area (Å²) in [6.07, 6.45) is 0.540. The average Bonchev–Trinajstić information content (AvgIpc) is 3.13. The number of halogens is 2. The van der Waals surface area contributed by atoms with Crippen LogP contribution >= 0.6 is 11.3 Å². The molecule has 1 fully saturated rings. The second-order valence-corrected chi connectivity index (χ2v) is 6.42. The van der Waals surface area contributed by atoms with Crippen molar-refractivity contribution in [1.82, 2.24) is 10.1 Å². The van der Waals surface area contributed by atoms with E-state index in [9.17, 15) is 13.6 Å². The normalized spacial score (nSPS) is 15.5. The van der Waals surface area contributed by atoms with Crippen LogP contribution in [0.4, 0.5) is 8.78 Å². The molecule has 3 heterocycles. The maximum atomic E-state index is 12.7. The molecule has 1 amide bonds. The van der Waals surface area contributed by atoms with Crippen LogP contribution in [-0.4, -0.2) is 29.1 Å². The maximum Gasteiger partial charge on any atom is 0.298 e. The third-order valence-corrected chi connectivity index (χ3v) is 4.93. The van der Waals surface area contributed by atoms with Crippen molar-refractivity contribution in [3.8, 4) is 10.6 Å². The SMILES string of the molecule is Cc1c(-c2ccc(C(=O)N3CCCCC3)s2)noc1C(F)F. The molecular formula is C15H16F2N2O2S. The maximum absolute atomic E-state index is 12.7. The van der Waals surface area contributed by atoms with Gasteiger partial charge in [-0.2, -0.15) is 0 Å². The molecule has 0 N–H and O–H groups in total. The summed E-state index contributed by atoms with van der Waals surface area (Å²) in [5.41, 5.74) is 0.715. The molecule has 2 aromatic heterocycles. The van der Waals surface area contributed by atoms with E-state index in [0.717, 1.165) is 32.4 Å². The van der Waals surface area contributed by atoms with Crippen molar-refractivity contribution in [2.24, 2.45) is 0 Å². The molecule has 1 aliphatic rings. The van der Waals surface area contributed by atoms with Gasteiger partial charge in [0.05, 0.1) is 9.75 Å². The third-order valence-electron chi connectivity index (χ3n) is 3.85. The van der Waals surface area contributed by atoms with Gasteiger partial charge in [0.1, 0.15) is 5.69 Å². The van der Waals surface area contributed by atoms with E-state index in [1.165, 1.54) is 11.3 Å². The van der Waals surface area contributed by atoms with E-state index < -0.39 is 12.2 Å². The predicted molar refractivity (Wildman–Crippen MR) is 79.3 cm³/mol. The molecule has 2 aromatic rings. The van der Waals surface area contributed by atoms with Gasteiger partial charge in [0, 0.05) is 18.7 Å². The van der Waals surface area contributed by atoms with Gasteiger partial charge in [-0.15, -0.1) is 11.3 Å². The van der Waals surface area contributed by atoms with Crippen LogP contribution < -0.4 is 0 Å². The van der Waals surface area contributed by atoms with Crippen LogP contribution in [0.15, 0.2) is 16.7 Å². The Morgan fingerprint density at radius 3 is 2.68 bits per heavy atom. The first-order chi connectivity index (χ1) is 10.6. The second kappa shape index (κ2) is 6.16. The summed E-state index contributed by atoms with van der Waals surface area (Å²) >= 11 is 1.27. The summed E-state index contributed by atoms with van der Waals surface area (Å²) in [5, 5.41) is 3.72. The molecule has 0 radical (unpaired) electrons. The summed E-state index contributed by atoms with van der Waals surface area (Å²) in [6.45, 7) is 3.12. The fourth-order valence-electron chi connectivity index (χ4n) is 2.61. The predicted octanol–water partition coefficient (Wildman–Crippen LogP) is 4.28. The quantitative estimate of drug-likeness (QED) is 0.846. The van der Waals surface area contributed by atoms with Gasteiger partial charge < -0.3 is 9.42 Å². The number of carbonyl (C=O) groups is 1. The summed E-state index contributed by atoms with van der Waals surface area (Å²) in [7, 11) is 0. The van der Waals surface area contributed by atoms with Gasteiger partial charge in [0.15, 0.2) is 0 Å². The first kappa shape index (κ1) is 15.1. The van der Waals surface area contributed by atoms with Crippen LogP contribution in [0.2, 0.25) is 0 Å². The smallest absolute Gasteiger partial charge is 0.298 e. The molecule has 22 heavy (non-hydrogen) atoms. The van der Waals surface area contributed by atoms with Crippen molar-refractivity contribution >= 4 is 17.2 Å². The van der Waals surface area contributed by atoms with Gasteiger partial charge in [0.2, 0.25) is 5.76 Å². The molecule has 7 heteroatoms. The van der Waals surface area contributed by atoms with Gasteiger partial charge in [-0.05, 0) is 38.3 Å². The number of amides is 1. The first-order valence-electron chi connectivity index (χ1n) is 7.21. The zero-order valence-corrected chi connectivity index (χ0v) is 13.0. The van der Waals surface area contributed by atoms with E-state index in [4.69, 9.17) is 4.52 Å². The fourth-order valence-corrected chi connectivity index (χ4v) is 3.63. The minimum absolute atomic E-state index is 0.00572. The number of nitrogens with zero attached hydrogens (tertiary/aromatic N) is 2. The summed E-state index contributed by atoms with van der Waals surface area (Å²) < 4.78 is 30.2. The Kier molecular flexibility index (Phi) is 4.24. The topological polar surface area (TPSA) is 46.3 Å². The van der Waals surface area contributed by atoms with E-state index in [1.54, 1.807) is 19.1 Å². The Morgan fingerprint density at radius 1 is 1.32 bits per heavy atom. The molecule has 0 unspecified atom stereocenters. The molecule has 1 saturated heterocycles. The molecule has 0 aromatic carbocycles. The minimum atomic E-state index is -2.68. The van der Waals surface area contributed by atoms with Crippen LogP contribution in [0.1, 0.15) is 46.7 Å². The van der Waals surface area contributed by atoms with Crippen molar-refractivity contribution in [2.45, 2.75) is 32.6 Å². The number of thiophene rings is 1. The zero-order valence-electron chi connectivity index (χ0n) is 12.1. The molecule has 3 rings (SSSR count). The third kappa shape index (κ3) is 2.77. The number of hydrogen-bond acceptors (Lipinski definition) is 4. The van der Waals surface area contributed by atoms with Crippen LogP contribution in [0.3, 0.4) is 0 Å². The van der Waals surface area contributed by atoms with Crippen LogP contribution in [-0.2, 0) is 0 Å². The number of carbonyl (C=O) groups excluding carboxylic acids is 1. The fraction of sp³-hybridized carbons (Fsp3) is 0.467. The van der Waals surface area contributed by atoms with Gasteiger partial charge in [-0.25, -0.2) is 8.78 Å². The Morgan fingerprint density at radius 2 is 2.05 bits per heavy atom. The van der Waals surface area contributed by atoms with Crippen molar-refractivity contribution in [3.05, 3.63) is 28.3 Å². The van der Waals surface area contributed by atoms with E-state index in [-0.39, 0.29) is 5.91 Å². The number of piperidine rings is 1. The summed E-state index contributed by atoms with van der Waals surface area (Å²) in [6, 6.07) is 3.47. The molecule has 118 valence electrons. The molecule has 0 bridgehead atoms. The molecule has 0 spiro atoms. The van der Waals surface area contributed by atoms with E-state index in [1.807, 2.05) is 4.90 Å². The monoisotopic (exact) mass is 326 g/mol. The number of likely N-dealkylation sites (tertiary alicyclic amines) is 1. The average molecular weight is 326 g/mol. The number of alkyl halides is 2. The molecule has 1 aliphatic heterocycles. The van der Waals surface area contributed by atoms with Gasteiger partial charge in [0.25, 0.3) is 12.3 Å². The molecular weight excluding hydrogens is 310 g/mol. The number of aromatic nitrogens is 1. The van der Waals surface area contributed by atoms with Gasteiger partial charge in [-0.3, -0.25) is 4.79 Å². The van der Waals surface area contributed by atoms with Crippen molar-refractivity contribution in [3.63, 3.8) is 0 Å². The highest BCUT2D eigenvalue weighted by Gasteiger charge is 2.24. The lowest BCUT2D eigenvalue weighted by molar-refractivity contribution is 0.0729. The van der Waals surface area contributed by atoms with Crippen LogP contribution in [0.5, 0.6) is 0 Å². The highest BCUT2D eigenvalue weighted by molar-refractivity contribution is 7.17. The van der Waals surface area contributed by atoms with Crippen molar-refractivity contribution < 1.29 is 18.1 Å². The largest absolute Gasteiger partial charge is 0.354 e. The van der Waals surface area contributed by atoms with Crippen LogP contribution in [0, 0.1) is 6.92 Å². The Bertz CT molecular complexity index is 675. The lowest BCUT2D eigenvalue weighted by Gasteiger charge is -2.26. The number of rotatable bonds is 3. The molecule has 4 nitrogen and oxygen atoms in total. The molecule has 0 aliphatic carbocycles. The van der Waals surface area contributed by atoms with E-state index in [0.29, 0.717) is 21.0 Å². The highest BCUT2D eigenvalue weighted by atomic mass is 32.1. The Balaban J connectivity index is 1.83. The zero-order chi connectivity index (χ0) is 15.7. The van der Waals surface area contributed by atoms with Gasteiger partial charge >= 0.3 is 0 Å². The molecule has 0 atom stereocenters. The Hall–Kier alpha value is -1.76. The first-order valence-corrected chi connectivity index (χ1v) is 8.03. The standard InChI is InChI=1S/C15H16F2N2O2S/c1-9-12(18-21-13(9)14(16)17)10-5-6-11(22-10)15(20)19-7-3-2-4-8-19/h5-6,14H,2-4,7-8H2,1H3. The summed E-state index contributed by atoms with van der Waals surface area (Å²) in [5.74, 6) is -0.404. The number of hydrogen-bond donors (Lipinski definition) is 0. The van der Waals surface area contributed by atoms with E-state index in [2.05, 4.69) is 5.16 Å². The summed E-state index contributed by atoms with van der Waals surface area (Å²) in [4.78, 5) is 15.5. The van der Waals surface area contributed by atoms with E-state index >= 15 is 0 Å². The van der Waals surface area contributed by atoms with Crippen LogP contribution in [0.25, 0.3) is 10.6 Å². The second-order valence-electron chi connectivity index (χ2n) is 5.34. The Labute approximate surface area is 130 Å². The lowest BCUT2D eigenvalue weighted by Crippen LogP contribution is -2.35.